The molecule has 0 radical (unpaired) electrons. The van der Waals surface area contributed by atoms with Crippen LogP contribution in [0.15, 0.2) is 63.1 Å². The summed E-state index contributed by atoms with van der Waals surface area (Å²) in [5, 5.41) is 9.57. The zero-order valence-electron chi connectivity index (χ0n) is 20.4. The second kappa shape index (κ2) is 11.7. The fourth-order valence-electron chi connectivity index (χ4n) is 4.34. The molecule has 3 aromatic rings. The summed E-state index contributed by atoms with van der Waals surface area (Å²) in [5.74, 6) is 1.32. The summed E-state index contributed by atoms with van der Waals surface area (Å²) >= 11 is 6.07. The summed E-state index contributed by atoms with van der Waals surface area (Å²) in [4.78, 5) is 31.2. The van der Waals surface area contributed by atoms with E-state index in [2.05, 4.69) is 0 Å². The molecule has 0 saturated heterocycles. The van der Waals surface area contributed by atoms with Crippen LogP contribution in [0.4, 0.5) is 5.82 Å². The van der Waals surface area contributed by atoms with Crippen molar-refractivity contribution in [2.24, 2.45) is 18.0 Å². The first-order valence-electron chi connectivity index (χ1n) is 12.0. The van der Waals surface area contributed by atoms with Gasteiger partial charge in [0, 0.05) is 18.0 Å². The predicted octanol–water partition coefficient (Wildman–Crippen LogP) is 3.43. The zero-order valence-corrected chi connectivity index (χ0v) is 21.2. The summed E-state index contributed by atoms with van der Waals surface area (Å²) in [5.41, 5.74) is 1.76. The Kier molecular flexibility index (Phi) is 8.40. The van der Waals surface area contributed by atoms with E-state index in [0.29, 0.717) is 47.3 Å². The van der Waals surface area contributed by atoms with Gasteiger partial charge in [-0.2, -0.15) is 4.99 Å². The van der Waals surface area contributed by atoms with Gasteiger partial charge in [0.25, 0.3) is 5.56 Å². The van der Waals surface area contributed by atoms with E-state index in [4.69, 9.17) is 31.2 Å². The number of aryl methyl sites for hydroxylation is 1. The van der Waals surface area contributed by atoms with Crippen molar-refractivity contribution in [2.75, 3.05) is 19.8 Å². The van der Waals surface area contributed by atoms with E-state index in [9.17, 15) is 9.59 Å². The topological polar surface area (TPSA) is 95.1 Å². The normalized spacial score (nSPS) is 15.2. The number of aromatic nitrogens is 2. The van der Waals surface area contributed by atoms with Gasteiger partial charge in [-0.1, -0.05) is 35.9 Å². The monoisotopic (exact) mass is 511 g/mol. The Hall–Kier alpha value is -3.20. The smallest absolute Gasteiger partial charge is 0.332 e. The van der Waals surface area contributed by atoms with Gasteiger partial charge in [0.15, 0.2) is 5.90 Å². The quantitative estimate of drug-likeness (QED) is 0.467. The Balaban J connectivity index is 1.74. The molecule has 1 aromatic heterocycles. The van der Waals surface area contributed by atoms with Crippen LogP contribution in [-0.2, 0) is 31.2 Å². The molecule has 1 unspecified atom stereocenters. The van der Waals surface area contributed by atoms with Crippen LogP contribution >= 0.6 is 11.6 Å². The molecule has 0 aliphatic carbocycles. The average Bonchev–Trinajstić information content (AvgIpc) is 3.03. The van der Waals surface area contributed by atoms with Gasteiger partial charge in [0.2, 0.25) is 0 Å². The first-order chi connectivity index (χ1) is 17.4. The third-order valence-electron chi connectivity index (χ3n) is 6.22. The Morgan fingerprint density at radius 2 is 1.92 bits per heavy atom. The molecule has 1 aliphatic heterocycles. The standard InChI is InChI=1S/C27H30ClN3O5/c1-18-4-3-5-22(16-18)36-25-20(17-19-6-9-21(28)10-7-19)8-11-23-24(29-25)30(2)27(34)31(26(23)33)12-14-35-15-13-32/h3-7,9-10,16,20,32H,8,11-15,17H2,1-2H3. The number of aliphatic hydroxyl groups is 1. The Labute approximate surface area is 214 Å². The summed E-state index contributed by atoms with van der Waals surface area (Å²) in [6.45, 7) is 2.27. The summed E-state index contributed by atoms with van der Waals surface area (Å²) in [7, 11) is 1.61. The van der Waals surface area contributed by atoms with E-state index in [0.717, 1.165) is 11.1 Å². The molecule has 0 amide bonds. The molecule has 36 heavy (non-hydrogen) atoms. The molecule has 0 saturated carbocycles. The first kappa shape index (κ1) is 25.9. The van der Waals surface area contributed by atoms with E-state index in [1.807, 2.05) is 55.5 Å². The third-order valence-corrected chi connectivity index (χ3v) is 6.47. The lowest BCUT2D eigenvalue weighted by Gasteiger charge is -2.18. The van der Waals surface area contributed by atoms with Gasteiger partial charge in [0.1, 0.15) is 11.6 Å². The molecule has 2 aromatic carbocycles. The lowest BCUT2D eigenvalue weighted by atomic mass is 9.93. The van der Waals surface area contributed by atoms with Crippen LogP contribution in [0.1, 0.15) is 23.1 Å². The number of hydrogen-bond donors (Lipinski definition) is 1. The average molecular weight is 512 g/mol. The molecular formula is C27H30ClN3O5. The summed E-state index contributed by atoms with van der Waals surface area (Å²) in [6.07, 6.45) is 1.71. The predicted molar refractivity (Wildman–Crippen MR) is 140 cm³/mol. The van der Waals surface area contributed by atoms with E-state index in [1.165, 1.54) is 9.13 Å². The highest BCUT2D eigenvalue weighted by atomic mass is 35.5. The molecule has 2 heterocycles. The highest BCUT2D eigenvalue weighted by Crippen LogP contribution is 2.28. The van der Waals surface area contributed by atoms with Gasteiger partial charge in [0.05, 0.1) is 31.9 Å². The van der Waals surface area contributed by atoms with Crippen LogP contribution in [0, 0.1) is 12.8 Å². The Bertz CT molecular complexity index is 1360. The summed E-state index contributed by atoms with van der Waals surface area (Å²) < 4.78 is 14.1. The fraction of sp³-hybridized carbons (Fsp3) is 0.370. The van der Waals surface area contributed by atoms with Crippen molar-refractivity contribution in [3.63, 3.8) is 0 Å². The number of fused-ring (bicyclic) bond motifs is 1. The molecule has 1 atom stereocenters. The molecule has 190 valence electrons. The van der Waals surface area contributed by atoms with Crippen LogP contribution in [0.2, 0.25) is 5.02 Å². The number of benzene rings is 2. The van der Waals surface area contributed by atoms with Crippen molar-refractivity contribution in [3.05, 3.63) is 91.1 Å². The van der Waals surface area contributed by atoms with Crippen LogP contribution < -0.4 is 16.0 Å². The van der Waals surface area contributed by atoms with Crippen molar-refractivity contribution in [3.8, 4) is 5.75 Å². The zero-order chi connectivity index (χ0) is 25.7. The number of hydrogen-bond acceptors (Lipinski definition) is 6. The number of halogens is 1. The molecule has 8 nitrogen and oxygen atoms in total. The maximum Gasteiger partial charge on any atom is 0.332 e. The number of rotatable bonds is 8. The lowest BCUT2D eigenvalue weighted by molar-refractivity contribution is 0.0857. The maximum atomic E-state index is 13.3. The van der Waals surface area contributed by atoms with Crippen LogP contribution in [0.5, 0.6) is 5.75 Å². The molecule has 0 fully saturated rings. The van der Waals surface area contributed by atoms with E-state index in [-0.39, 0.29) is 37.8 Å². The van der Waals surface area contributed by atoms with Crippen LogP contribution in [-0.4, -0.2) is 40.0 Å². The second-order valence-electron chi connectivity index (χ2n) is 8.87. The van der Waals surface area contributed by atoms with Crippen LogP contribution in [0.3, 0.4) is 0 Å². The van der Waals surface area contributed by atoms with Crippen molar-refractivity contribution in [2.45, 2.75) is 32.7 Å². The second-order valence-corrected chi connectivity index (χ2v) is 9.31. The highest BCUT2D eigenvalue weighted by Gasteiger charge is 2.28. The van der Waals surface area contributed by atoms with Gasteiger partial charge < -0.3 is 14.6 Å². The third kappa shape index (κ3) is 5.95. The number of aliphatic hydroxyl groups excluding tert-OH is 1. The van der Waals surface area contributed by atoms with Crippen molar-refractivity contribution in [1.82, 2.24) is 9.13 Å². The van der Waals surface area contributed by atoms with Crippen molar-refractivity contribution < 1.29 is 14.6 Å². The Morgan fingerprint density at radius 1 is 1.14 bits per heavy atom. The van der Waals surface area contributed by atoms with Gasteiger partial charge in [-0.25, -0.2) is 4.79 Å². The van der Waals surface area contributed by atoms with Crippen LogP contribution in [0.25, 0.3) is 0 Å². The Morgan fingerprint density at radius 3 is 2.64 bits per heavy atom. The minimum Gasteiger partial charge on any atom is -0.443 e. The fourth-order valence-corrected chi connectivity index (χ4v) is 4.46. The molecule has 0 bridgehead atoms. The number of ether oxygens (including phenoxy) is 2. The maximum absolute atomic E-state index is 13.3. The minimum absolute atomic E-state index is 0.101. The van der Waals surface area contributed by atoms with Gasteiger partial charge in [-0.3, -0.25) is 13.9 Å². The molecular weight excluding hydrogens is 482 g/mol. The minimum atomic E-state index is -0.471. The van der Waals surface area contributed by atoms with Gasteiger partial charge in [-0.05, 0) is 61.6 Å². The SMILES string of the molecule is Cc1cccc(OC2=Nc3c(c(=O)n(CCOCCO)c(=O)n3C)CCC2Cc2ccc(Cl)cc2)c1. The molecule has 9 heteroatoms. The number of aliphatic imine (C=N–C) groups is 1. The molecule has 1 aliphatic rings. The van der Waals surface area contributed by atoms with Crippen molar-refractivity contribution >= 4 is 23.3 Å². The van der Waals surface area contributed by atoms with E-state index < -0.39 is 5.69 Å². The van der Waals surface area contributed by atoms with E-state index >= 15 is 0 Å². The molecule has 0 spiro atoms. The van der Waals surface area contributed by atoms with E-state index in [1.54, 1.807) is 7.05 Å². The van der Waals surface area contributed by atoms with Gasteiger partial charge in [-0.15, -0.1) is 0 Å². The molecule has 4 rings (SSSR count). The highest BCUT2D eigenvalue weighted by molar-refractivity contribution is 6.30. The lowest BCUT2D eigenvalue weighted by Crippen LogP contribution is -2.41. The number of nitrogens with zero attached hydrogens (tertiary/aromatic N) is 3. The van der Waals surface area contributed by atoms with Gasteiger partial charge >= 0.3 is 5.69 Å². The van der Waals surface area contributed by atoms with Crippen molar-refractivity contribution in [1.29, 1.82) is 0 Å². The summed E-state index contributed by atoms with van der Waals surface area (Å²) in [6, 6.07) is 15.3. The molecule has 1 N–H and O–H groups in total. The first-order valence-corrected chi connectivity index (χ1v) is 12.3. The largest absolute Gasteiger partial charge is 0.443 e.